The van der Waals surface area contributed by atoms with Crippen LogP contribution in [0.3, 0.4) is 0 Å². The third-order valence-electron chi connectivity index (χ3n) is 3.82. The zero-order valence-electron chi connectivity index (χ0n) is 10.6. The zero-order valence-corrected chi connectivity index (χ0v) is 10.6. The van der Waals surface area contributed by atoms with Gasteiger partial charge in [0, 0.05) is 6.61 Å². The van der Waals surface area contributed by atoms with Gasteiger partial charge in [0.1, 0.15) is 11.9 Å². The maximum atomic E-state index is 10.0. The molecule has 3 heteroatoms. The van der Waals surface area contributed by atoms with Crippen LogP contribution >= 0.6 is 0 Å². The van der Waals surface area contributed by atoms with Crippen molar-refractivity contribution in [2.75, 3.05) is 13.2 Å². The summed E-state index contributed by atoms with van der Waals surface area (Å²) in [5.41, 5.74) is 2.32. The first-order chi connectivity index (χ1) is 8.83. The van der Waals surface area contributed by atoms with Crippen LogP contribution < -0.4 is 4.74 Å². The number of hydrogen-bond donors (Lipinski definition) is 1. The number of aryl methyl sites for hydroxylation is 1. The summed E-state index contributed by atoms with van der Waals surface area (Å²) in [7, 11) is 0. The third kappa shape index (κ3) is 2.52. The second kappa shape index (κ2) is 5.29. The Hall–Kier alpha value is -1.06. The van der Waals surface area contributed by atoms with Gasteiger partial charge in [-0.05, 0) is 55.4 Å². The van der Waals surface area contributed by atoms with Gasteiger partial charge in [0.2, 0.25) is 0 Å². The van der Waals surface area contributed by atoms with Crippen molar-refractivity contribution in [2.24, 2.45) is 0 Å². The van der Waals surface area contributed by atoms with E-state index in [0.717, 1.165) is 50.0 Å². The number of benzene rings is 1. The molecule has 1 aliphatic heterocycles. The minimum Gasteiger partial charge on any atom is -0.488 e. The summed E-state index contributed by atoms with van der Waals surface area (Å²) in [4.78, 5) is 0. The Balaban J connectivity index is 1.74. The predicted octanol–water partition coefficient (Wildman–Crippen LogP) is 2.61. The van der Waals surface area contributed by atoms with Gasteiger partial charge in [0.15, 0.2) is 0 Å². The van der Waals surface area contributed by atoms with E-state index in [-0.39, 0.29) is 12.2 Å². The van der Waals surface area contributed by atoms with Crippen LogP contribution in [0.15, 0.2) is 18.2 Å². The third-order valence-corrected chi connectivity index (χ3v) is 3.82. The second-order valence-electron chi connectivity index (χ2n) is 5.23. The van der Waals surface area contributed by atoms with Gasteiger partial charge in [0.25, 0.3) is 0 Å². The number of aliphatic hydroxyl groups is 1. The van der Waals surface area contributed by atoms with Crippen LogP contribution in [0.4, 0.5) is 0 Å². The highest BCUT2D eigenvalue weighted by atomic mass is 16.5. The molecule has 1 fully saturated rings. The lowest BCUT2D eigenvalue weighted by Crippen LogP contribution is -2.28. The fourth-order valence-electron chi connectivity index (χ4n) is 2.82. The smallest absolute Gasteiger partial charge is 0.122 e. The SMILES string of the molecule is OC1CCCc2ccc(OC3CCCOC3)cc21. The average Bonchev–Trinajstić information content (AvgIpc) is 2.41. The number of hydrogen-bond acceptors (Lipinski definition) is 3. The van der Waals surface area contributed by atoms with Crippen LogP contribution in [0.1, 0.15) is 42.9 Å². The molecule has 3 nitrogen and oxygen atoms in total. The standard InChI is InChI=1S/C15H20O3/c16-15-5-1-3-11-6-7-12(9-14(11)15)18-13-4-2-8-17-10-13/h6-7,9,13,15-16H,1-5,8,10H2. The van der Waals surface area contributed by atoms with E-state index in [2.05, 4.69) is 6.07 Å². The van der Waals surface area contributed by atoms with Crippen LogP contribution in [0, 0.1) is 0 Å². The molecule has 0 bridgehead atoms. The number of aliphatic hydroxyl groups excluding tert-OH is 1. The zero-order chi connectivity index (χ0) is 12.4. The predicted molar refractivity (Wildman–Crippen MR) is 68.8 cm³/mol. The summed E-state index contributed by atoms with van der Waals surface area (Å²) in [6, 6.07) is 6.12. The molecule has 0 radical (unpaired) electrons. The Bertz CT molecular complexity index is 410. The molecule has 2 aliphatic rings. The van der Waals surface area contributed by atoms with Crippen molar-refractivity contribution in [3.63, 3.8) is 0 Å². The van der Waals surface area contributed by atoms with Crippen LogP contribution in [0.5, 0.6) is 5.75 Å². The maximum Gasteiger partial charge on any atom is 0.122 e. The van der Waals surface area contributed by atoms with E-state index in [1.807, 2.05) is 12.1 Å². The summed E-state index contributed by atoms with van der Waals surface area (Å²) in [5.74, 6) is 0.866. The van der Waals surface area contributed by atoms with Crippen molar-refractivity contribution < 1.29 is 14.6 Å². The number of rotatable bonds is 2. The molecule has 1 saturated heterocycles. The van der Waals surface area contributed by atoms with Crippen LogP contribution in [-0.2, 0) is 11.2 Å². The average molecular weight is 248 g/mol. The Morgan fingerprint density at radius 3 is 3.00 bits per heavy atom. The molecule has 1 heterocycles. The molecule has 18 heavy (non-hydrogen) atoms. The molecular formula is C15H20O3. The molecule has 3 rings (SSSR count). The topological polar surface area (TPSA) is 38.7 Å². The molecule has 2 unspecified atom stereocenters. The van der Waals surface area contributed by atoms with Crippen LogP contribution in [0.25, 0.3) is 0 Å². The van der Waals surface area contributed by atoms with Crippen molar-refractivity contribution in [1.29, 1.82) is 0 Å². The molecule has 0 spiro atoms. The Morgan fingerprint density at radius 2 is 2.17 bits per heavy atom. The van der Waals surface area contributed by atoms with Gasteiger partial charge < -0.3 is 14.6 Å². The van der Waals surface area contributed by atoms with Gasteiger partial charge in [-0.3, -0.25) is 0 Å². The van der Waals surface area contributed by atoms with Crippen molar-refractivity contribution >= 4 is 0 Å². The van der Waals surface area contributed by atoms with Gasteiger partial charge in [-0.1, -0.05) is 6.07 Å². The molecule has 0 aromatic heterocycles. The Kier molecular flexibility index (Phi) is 3.52. The lowest BCUT2D eigenvalue weighted by Gasteiger charge is -2.25. The molecule has 2 atom stereocenters. The fraction of sp³-hybridized carbons (Fsp3) is 0.600. The highest BCUT2D eigenvalue weighted by Crippen LogP contribution is 2.32. The number of fused-ring (bicyclic) bond motifs is 1. The normalized spacial score (nSPS) is 27.6. The minimum atomic E-state index is -0.320. The molecule has 1 aliphatic carbocycles. The first-order valence-corrected chi connectivity index (χ1v) is 6.88. The Morgan fingerprint density at radius 1 is 1.22 bits per heavy atom. The number of ether oxygens (including phenoxy) is 2. The summed E-state index contributed by atoms with van der Waals surface area (Å²) in [6.07, 6.45) is 4.97. The van der Waals surface area contributed by atoms with Crippen molar-refractivity contribution in [3.05, 3.63) is 29.3 Å². The molecular weight excluding hydrogens is 228 g/mol. The highest BCUT2D eigenvalue weighted by Gasteiger charge is 2.20. The second-order valence-corrected chi connectivity index (χ2v) is 5.23. The van der Waals surface area contributed by atoms with E-state index >= 15 is 0 Å². The molecule has 98 valence electrons. The summed E-state index contributed by atoms with van der Waals surface area (Å²) >= 11 is 0. The van der Waals surface area contributed by atoms with Gasteiger partial charge in [0.05, 0.1) is 12.7 Å². The lowest BCUT2D eigenvalue weighted by molar-refractivity contribution is 0.00728. The first kappa shape index (κ1) is 12.0. The van der Waals surface area contributed by atoms with E-state index in [4.69, 9.17) is 9.47 Å². The van der Waals surface area contributed by atoms with E-state index in [0.29, 0.717) is 6.61 Å². The first-order valence-electron chi connectivity index (χ1n) is 6.88. The molecule has 0 saturated carbocycles. The van der Waals surface area contributed by atoms with Crippen LogP contribution in [0.2, 0.25) is 0 Å². The Labute approximate surface area is 108 Å². The fourth-order valence-corrected chi connectivity index (χ4v) is 2.82. The van der Waals surface area contributed by atoms with Crippen molar-refractivity contribution in [2.45, 2.75) is 44.3 Å². The van der Waals surface area contributed by atoms with E-state index in [1.54, 1.807) is 0 Å². The van der Waals surface area contributed by atoms with Gasteiger partial charge in [-0.2, -0.15) is 0 Å². The van der Waals surface area contributed by atoms with E-state index in [1.165, 1.54) is 5.56 Å². The van der Waals surface area contributed by atoms with Crippen molar-refractivity contribution in [1.82, 2.24) is 0 Å². The quantitative estimate of drug-likeness (QED) is 0.874. The largest absolute Gasteiger partial charge is 0.488 e. The monoisotopic (exact) mass is 248 g/mol. The van der Waals surface area contributed by atoms with E-state index < -0.39 is 0 Å². The van der Waals surface area contributed by atoms with E-state index in [9.17, 15) is 5.11 Å². The molecule has 1 N–H and O–H groups in total. The van der Waals surface area contributed by atoms with Gasteiger partial charge >= 0.3 is 0 Å². The lowest BCUT2D eigenvalue weighted by atomic mass is 9.89. The van der Waals surface area contributed by atoms with Crippen molar-refractivity contribution in [3.8, 4) is 5.75 Å². The maximum absolute atomic E-state index is 10.0. The summed E-state index contributed by atoms with van der Waals surface area (Å²) in [5, 5.41) is 10.0. The highest BCUT2D eigenvalue weighted by molar-refractivity contribution is 5.38. The molecule has 1 aromatic rings. The van der Waals surface area contributed by atoms with Gasteiger partial charge in [-0.25, -0.2) is 0 Å². The minimum absolute atomic E-state index is 0.164. The van der Waals surface area contributed by atoms with Crippen LogP contribution in [-0.4, -0.2) is 24.4 Å². The summed E-state index contributed by atoms with van der Waals surface area (Å²) in [6.45, 7) is 1.53. The van der Waals surface area contributed by atoms with Gasteiger partial charge in [-0.15, -0.1) is 0 Å². The summed E-state index contributed by atoms with van der Waals surface area (Å²) < 4.78 is 11.3. The molecule has 1 aromatic carbocycles. The molecule has 0 amide bonds.